The fourth-order valence-electron chi connectivity index (χ4n) is 7.21. The first-order valence-corrected chi connectivity index (χ1v) is 19.1. The van der Waals surface area contributed by atoms with Crippen LogP contribution in [0.3, 0.4) is 0 Å². The largest absolute Gasteiger partial charge is 0.378 e. The molecule has 0 bridgehead atoms. The van der Waals surface area contributed by atoms with E-state index in [4.69, 9.17) is 4.74 Å². The SMILES string of the molecule is O=C(CCCC[C@@H]1SC[C@@H]2NC(=O)N[C@@H]21)NCCOCCn1cc(-c2ccc(NC(=O)N3CCC4(CC3)NC(=O)N(c3ccccc3)C4=O)cc2)nn1. The van der Waals surface area contributed by atoms with Crippen molar-refractivity contribution >= 4 is 53.0 Å². The number of urea groups is 3. The zero-order chi connectivity index (χ0) is 36.8. The van der Waals surface area contributed by atoms with Crippen LogP contribution in [0.25, 0.3) is 11.3 Å². The fourth-order valence-corrected chi connectivity index (χ4v) is 8.76. The minimum Gasteiger partial charge on any atom is -0.378 e. The Kier molecular flexibility index (Phi) is 11.1. The van der Waals surface area contributed by atoms with Crippen LogP contribution in [0.4, 0.5) is 25.8 Å². The summed E-state index contributed by atoms with van der Waals surface area (Å²) in [5.74, 6) is 0.672. The summed E-state index contributed by atoms with van der Waals surface area (Å²) in [4.78, 5) is 65.6. The molecule has 53 heavy (non-hydrogen) atoms. The van der Waals surface area contributed by atoms with E-state index in [-0.39, 0.29) is 36.0 Å². The molecule has 4 aliphatic rings. The van der Waals surface area contributed by atoms with E-state index in [0.29, 0.717) is 81.0 Å². The number of rotatable bonds is 14. The van der Waals surface area contributed by atoms with Crippen LogP contribution in [-0.4, -0.2) is 111 Å². The van der Waals surface area contributed by atoms with E-state index in [1.165, 1.54) is 4.90 Å². The molecule has 0 unspecified atom stereocenters. The molecule has 2 aromatic carbocycles. The fraction of sp³-hybridized carbons (Fsp3) is 0.472. The highest BCUT2D eigenvalue weighted by atomic mass is 32.2. The number of carbonyl (C=O) groups excluding carboxylic acids is 5. The molecule has 1 spiro atoms. The molecule has 5 N–H and O–H groups in total. The van der Waals surface area contributed by atoms with Gasteiger partial charge in [-0.25, -0.2) is 24.0 Å². The monoisotopic (exact) mass is 744 g/mol. The number of anilines is 2. The standard InChI is InChI=1S/C36H44N10O6S/c47-30(9-5-4-8-29-31-28(23-53-29)39-33(49)40-31)37-16-20-52-21-19-45-22-27(42-43-45)24-10-12-25(13-11-24)38-34(50)44-17-14-36(15-18-44)32(48)46(35(51)41-36)26-6-2-1-3-7-26/h1-3,6-7,10-13,22,28-29,31H,4-5,8-9,14-21,23H2,(H,37,47)(H,38,50)(H,41,51)(H2,39,40,49)/t28-,29-,31-/m0/s1. The summed E-state index contributed by atoms with van der Waals surface area (Å²) in [6.07, 6.45) is 5.71. The summed E-state index contributed by atoms with van der Waals surface area (Å²) in [6.45, 7) is 2.40. The van der Waals surface area contributed by atoms with Crippen LogP contribution in [0.5, 0.6) is 0 Å². The molecule has 5 heterocycles. The number of unbranched alkanes of at least 4 members (excludes halogenated alkanes) is 1. The van der Waals surface area contributed by atoms with E-state index in [2.05, 4.69) is 36.9 Å². The summed E-state index contributed by atoms with van der Waals surface area (Å²) in [7, 11) is 0. The van der Waals surface area contributed by atoms with Gasteiger partial charge in [0.15, 0.2) is 0 Å². The van der Waals surface area contributed by atoms with Crippen LogP contribution in [0.15, 0.2) is 60.8 Å². The van der Waals surface area contributed by atoms with Gasteiger partial charge in [-0.3, -0.25) is 9.59 Å². The van der Waals surface area contributed by atoms with Crippen LogP contribution < -0.4 is 31.5 Å². The predicted octanol–water partition coefficient (Wildman–Crippen LogP) is 2.93. The number of piperidine rings is 1. The van der Waals surface area contributed by atoms with Crippen molar-refractivity contribution in [1.82, 2.24) is 41.2 Å². The van der Waals surface area contributed by atoms with E-state index < -0.39 is 11.6 Å². The quantitative estimate of drug-likeness (QED) is 0.0939. The van der Waals surface area contributed by atoms with Gasteiger partial charge in [0.2, 0.25) is 5.91 Å². The number of carbonyl (C=O) groups is 5. The maximum atomic E-state index is 13.3. The maximum absolute atomic E-state index is 13.3. The second-order valence-corrected chi connectivity index (χ2v) is 15.0. The molecule has 4 fully saturated rings. The smallest absolute Gasteiger partial charge is 0.329 e. The number of ether oxygens (including phenoxy) is 1. The number of likely N-dealkylation sites (tertiary alicyclic amines) is 1. The van der Waals surface area contributed by atoms with Crippen LogP contribution in [-0.2, 0) is 20.9 Å². The number of nitrogens with zero attached hydrogens (tertiary/aromatic N) is 5. The minimum atomic E-state index is -1.01. The topological polar surface area (TPSA) is 192 Å². The minimum absolute atomic E-state index is 0.0153. The van der Waals surface area contributed by atoms with Gasteiger partial charge in [0, 0.05) is 48.3 Å². The average Bonchev–Trinajstić information content (AvgIpc) is 3.93. The normalized spacial score (nSPS) is 21.7. The molecule has 3 atom stereocenters. The summed E-state index contributed by atoms with van der Waals surface area (Å²) < 4.78 is 7.38. The number of hydrogen-bond donors (Lipinski definition) is 5. The van der Waals surface area contributed by atoms with Crippen LogP contribution >= 0.6 is 11.8 Å². The van der Waals surface area contributed by atoms with Gasteiger partial charge >= 0.3 is 18.1 Å². The molecular weight excluding hydrogens is 701 g/mol. The molecule has 0 radical (unpaired) electrons. The Labute approximate surface area is 311 Å². The number of hydrogen-bond acceptors (Lipinski definition) is 9. The molecule has 7 rings (SSSR count). The van der Waals surface area contributed by atoms with Gasteiger partial charge < -0.3 is 36.2 Å². The predicted molar refractivity (Wildman–Crippen MR) is 198 cm³/mol. The van der Waals surface area contributed by atoms with Gasteiger partial charge in [-0.05, 0) is 49.9 Å². The molecule has 8 amide bonds. The summed E-state index contributed by atoms with van der Waals surface area (Å²) in [5.41, 5.74) is 1.65. The Morgan fingerprint density at radius 1 is 0.981 bits per heavy atom. The number of para-hydroxylation sites is 1. The summed E-state index contributed by atoms with van der Waals surface area (Å²) in [5, 5.41) is 23.5. The van der Waals surface area contributed by atoms with Crippen molar-refractivity contribution in [3.05, 3.63) is 60.8 Å². The van der Waals surface area contributed by atoms with Crippen molar-refractivity contribution in [2.24, 2.45) is 0 Å². The first kappa shape index (κ1) is 36.2. The molecule has 3 aromatic rings. The lowest BCUT2D eigenvalue weighted by molar-refractivity contribution is -0.123. The molecule has 16 nitrogen and oxygen atoms in total. The van der Waals surface area contributed by atoms with Crippen LogP contribution in [0, 0.1) is 0 Å². The lowest BCUT2D eigenvalue weighted by Crippen LogP contribution is -2.56. The van der Waals surface area contributed by atoms with Crippen molar-refractivity contribution in [3.63, 3.8) is 0 Å². The van der Waals surface area contributed by atoms with Gasteiger partial charge in [0.05, 0.1) is 43.7 Å². The van der Waals surface area contributed by atoms with Gasteiger partial charge in [-0.2, -0.15) is 11.8 Å². The Morgan fingerprint density at radius 2 is 1.77 bits per heavy atom. The zero-order valence-electron chi connectivity index (χ0n) is 29.3. The van der Waals surface area contributed by atoms with Crippen LogP contribution in [0.1, 0.15) is 38.5 Å². The molecule has 280 valence electrons. The molecule has 0 saturated carbocycles. The molecule has 17 heteroatoms. The Morgan fingerprint density at radius 3 is 2.57 bits per heavy atom. The van der Waals surface area contributed by atoms with Crippen LogP contribution in [0.2, 0.25) is 0 Å². The van der Waals surface area contributed by atoms with Crippen molar-refractivity contribution in [3.8, 4) is 11.3 Å². The van der Waals surface area contributed by atoms with Gasteiger partial charge in [-0.15, -0.1) is 5.10 Å². The Bertz CT molecular complexity index is 1800. The van der Waals surface area contributed by atoms with Gasteiger partial charge in [0.25, 0.3) is 5.91 Å². The second kappa shape index (κ2) is 16.2. The maximum Gasteiger partial charge on any atom is 0.329 e. The van der Waals surface area contributed by atoms with E-state index in [9.17, 15) is 24.0 Å². The first-order valence-electron chi connectivity index (χ1n) is 18.1. The number of imide groups is 1. The zero-order valence-corrected chi connectivity index (χ0v) is 30.1. The molecule has 4 aliphatic heterocycles. The number of nitrogens with one attached hydrogen (secondary N) is 5. The molecule has 4 saturated heterocycles. The van der Waals surface area contributed by atoms with E-state index in [1.807, 2.05) is 36.2 Å². The molecule has 1 aromatic heterocycles. The van der Waals surface area contributed by atoms with Crippen molar-refractivity contribution < 1.29 is 28.7 Å². The third kappa shape index (κ3) is 8.41. The van der Waals surface area contributed by atoms with Crippen molar-refractivity contribution in [2.45, 2.75) is 67.9 Å². The van der Waals surface area contributed by atoms with E-state index in [0.717, 1.165) is 30.6 Å². The third-order valence-corrected chi connectivity index (χ3v) is 11.7. The number of benzene rings is 2. The van der Waals surface area contributed by atoms with E-state index in [1.54, 1.807) is 46.0 Å². The van der Waals surface area contributed by atoms with E-state index >= 15 is 0 Å². The Balaban J connectivity index is 0.764. The van der Waals surface area contributed by atoms with Gasteiger partial charge in [0.1, 0.15) is 11.2 Å². The molecular formula is C36H44N10O6S. The second-order valence-electron chi connectivity index (χ2n) is 13.7. The number of fused-ring (bicyclic) bond motifs is 1. The lowest BCUT2D eigenvalue weighted by Gasteiger charge is -2.37. The summed E-state index contributed by atoms with van der Waals surface area (Å²) >= 11 is 1.89. The van der Waals surface area contributed by atoms with Crippen molar-refractivity contribution in [2.75, 3.05) is 48.8 Å². The number of amides is 8. The van der Waals surface area contributed by atoms with Gasteiger partial charge in [-0.1, -0.05) is 42.0 Å². The highest BCUT2D eigenvalue weighted by Crippen LogP contribution is 2.34. The highest BCUT2D eigenvalue weighted by molar-refractivity contribution is 8.00. The average molecular weight is 745 g/mol. The summed E-state index contributed by atoms with van der Waals surface area (Å²) in [6, 6.07) is 15.8. The third-order valence-electron chi connectivity index (χ3n) is 10.2. The highest BCUT2D eigenvalue weighted by Gasteiger charge is 2.53. The Hall–Kier alpha value is -5.16. The number of thioether (sulfide) groups is 1. The molecule has 0 aliphatic carbocycles. The number of aromatic nitrogens is 3. The lowest BCUT2D eigenvalue weighted by atomic mass is 9.87. The van der Waals surface area contributed by atoms with Crippen molar-refractivity contribution in [1.29, 1.82) is 0 Å². The first-order chi connectivity index (χ1) is 25.8.